The fraction of sp³-hybridized carbons (Fsp3) is 0.560. The van der Waals surface area contributed by atoms with Gasteiger partial charge in [-0.2, -0.15) is 0 Å². The van der Waals surface area contributed by atoms with Crippen LogP contribution in [0.1, 0.15) is 62.0 Å². The molecule has 1 fully saturated rings. The van der Waals surface area contributed by atoms with Crippen LogP contribution in [0, 0.1) is 0 Å². The van der Waals surface area contributed by atoms with Gasteiger partial charge in [0.05, 0.1) is 17.7 Å². The van der Waals surface area contributed by atoms with E-state index in [0.29, 0.717) is 56.2 Å². The molecule has 178 valence electrons. The van der Waals surface area contributed by atoms with Crippen molar-refractivity contribution in [2.24, 2.45) is 0 Å². The van der Waals surface area contributed by atoms with Gasteiger partial charge in [0.1, 0.15) is 0 Å². The van der Waals surface area contributed by atoms with Crippen LogP contribution in [0.15, 0.2) is 30.5 Å². The number of rotatable bonds is 6. The average Bonchev–Trinajstić information content (AvgIpc) is 3.10. The molecule has 1 aliphatic carbocycles. The maximum Gasteiger partial charge on any atom is 0.231 e. The molecule has 2 heterocycles. The predicted molar refractivity (Wildman–Crippen MR) is 131 cm³/mol. The van der Waals surface area contributed by atoms with Gasteiger partial charge in [-0.25, -0.2) is 9.97 Å². The number of anilines is 1. The van der Waals surface area contributed by atoms with Gasteiger partial charge in [0.25, 0.3) is 0 Å². The van der Waals surface area contributed by atoms with Crippen LogP contribution in [0.3, 0.4) is 0 Å². The third-order valence-electron chi connectivity index (χ3n) is 7.06. The number of likely N-dealkylation sites (N-methyl/N-ethyl adjacent to an activating group) is 1. The van der Waals surface area contributed by atoms with Crippen LogP contribution < -0.4 is 4.90 Å². The third-order valence-corrected chi connectivity index (χ3v) is 7.31. The van der Waals surface area contributed by atoms with E-state index >= 15 is 0 Å². The Morgan fingerprint density at radius 2 is 1.88 bits per heavy atom. The SMILES string of the molecule is CC(C)N(C)C[C@@H](C(=O)N1CCN(c2ncc3c(n2)[C@H](O)C[C@H]3C)CC1)c1ccc(Cl)cc1. The Bertz CT molecular complexity index is 975. The van der Waals surface area contributed by atoms with Gasteiger partial charge in [0, 0.05) is 50.0 Å². The monoisotopic (exact) mass is 471 g/mol. The van der Waals surface area contributed by atoms with Crippen LogP contribution in [0.2, 0.25) is 5.02 Å². The number of aromatic nitrogens is 2. The van der Waals surface area contributed by atoms with Crippen molar-refractivity contribution in [1.29, 1.82) is 0 Å². The highest BCUT2D eigenvalue weighted by molar-refractivity contribution is 6.30. The first-order valence-corrected chi connectivity index (χ1v) is 12.2. The average molecular weight is 472 g/mol. The predicted octanol–water partition coefficient (Wildman–Crippen LogP) is 3.44. The first kappa shape index (κ1) is 23.9. The van der Waals surface area contributed by atoms with Gasteiger partial charge in [0.2, 0.25) is 11.9 Å². The summed E-state index contributed by atoms with van der Waals surface area (Å²) in [5.41, 5.74) is 2.79. The number of halogens is 1. The zero-order valence-electron chi connectivity index (χ0n) is 19.9. The molecule has 2 aromatic rings. The van der Waals surface area contributed by atoms with Crippen molar-refractivity contribution in [3.63, 3.8) is 0 Å². The van der Waals surface area contributed by atoms with E-state index in [-0.39, 0.29) is 17.7 Å². The number of carbonyl (C=O) groups is 1. The summed E-state index contributed by atoms with van der Waals surface area (Å²) >= 11 is 6.09. The van der Waals surface area contributed by atoms with Gasteiger partial charge < -0.3 is 19.8 Å². The minimum Gasteiger partial charge on any atom is -0.387 e. The first-order chi connectivity index (χ1) is 15.7. The van der Waals surface area contributed by atoms with Crippen molar-refractivity contribution < 1.29 is 9.90 Å². The molecule has 1 saturated heterocycles. The lowest BCUT2D eigenvalue weighted by atomic mass is 9.96. The number of hydrogen-bond acceptors (Lipinski definition) is 6. The van der Waals surface area contributed by atoms with Crippen LogP contribution in [0.5, 0.6) is 0 Å². The van der Waals surface area contributed by atoms with Gasteiger partial charge in [0.15, 0.2) is 0 Å². The number of hydrogen-bond donors (Lipinski definition) is 1. The van der Waals surface area contributed by atoms with E-state index in [0.717, 1.165) is 16.8 Å². The number of amides is 1. The summed E-state index contributed by atoms with van der Waals surface area (Å²) in [6.45, 7) is 9.60. The number of fused-ring (bicyclic) bond motifs is 1. The Balaban J connectivity index is 1.45. The Kier molecular flexibility index (Phi) is 7.22. The second-order valence-corrected chi connectivity index (χ2v) is 10.0. The molecule has 1 aromatic heterocycles. The lowest BCUT2D eigenvalue weighted by molar-refractivity contribution is -0.133. The molecular formula is C25H34ClN5O2. The van der Waals surface area contributed by atoms with E-state index in [4.69, 9.17) is 11.6 Å². The second kappa shape index (κ2) is 9.95. The fourth-order valence-corrected chi connectivity index (χ4v) is 4.76. The van der Waals surface area contributed by atoms with E-state index < -0.39 is 6.10 Å². The Morgan fingerprint density at radius 1 is 1.21 bits per heavy atom. The van der Waals surface area contributed by atoms with Crippen molar-refractivity contribution in [1.82, 2.24) is 19.8 Å². The van der Waals surface area contributed by atoms with E-state index in [1.54, 1.807) is 0 Å². The summed E-state index contributed by atoms with van der Waals surface area (Å²) in [5.74, 6) is 0.827. The van der Waals surface area contributed by atoms with Gasteiger partial charge >= 0.3 is 0 Å². The summed E-state index contributed by atoms with van der Waals surface area (Å²) in [4.78, 5) is 29.1. The smallest absolute Gasteiger partial charge is 0.231 e. The largest absolute Gasteiger partial charge is 0.387 e. The molecule has 1 amide bonds. The topological polar surface area (TPSA) is 72.8 Å². The quantitative estimate of drug-likeness (QED) is 0.695. The highest BCUT2D eigenvalue weighted by Gasteiger charge is 2.32. The molecule has 4 rings (SSSR count). The molecule has 2 aliphatic rings. The van der Waals surface area contributed by atoms with E-state index in [9.17, 15) is 9.90 Å². The van der Waals surface area contributed by atoms with E-state index in [1.807, 2.05) is 35.4 Å². The highest BCUT2D eigenvalue weighted by Crippen LogP contribution is 2.38. The summed E-state index contributed by atoms with van der Waals surface area (Å²) in [5, 5.41) is 11.0. The highest BCUT2D eigenvalue weighted by atomic mass is 35.5. The van der Waals surface area contributed by atoms with Crippen LogP contribution in [-0.4, -0.2) is 76.6 Å². The molecule has 0 saturated carbocycles. The molecule has 1 N–H and O–H groups in total. The number of nitrogens with zero attached hydrogens (tertiary/aromatic N) is 5. The van der Waals surface area contributed by atoms with Crippen LogP contribution >= 0.6 is 11.6 Å². The first-order valence-electron chi connectivity index (χ1n) is 11.8. The Labute approximate surface area is 201 Å². The van der Waals surface area contributed by atoms with Gasteiger partial charge in [-0.1, -0.05) is 30.7 Å². The number of aliphatic hydroxyl groups excluding tert-OH is 1. The van der Waals surface area contributed by atoms with Gasteiger partial charge in [-0.05, 0) is 56.5 Å². The standard InChI is InChI=1S/C25H34ClN5O2/c1-16(2)29(4)15-21(18-5-7-19(26)8-6-18)24(33)30-9-11-31(12-10-30)25-27-14-20-17(3)13-22(32)23(20)28-25/h5-8,14,16-17,21-22,32H,9-13,15H2,1-4H3/t17-,21-,22-/m1/s1. The number of piperazine rings is 1. The van der Waals surface area contributed by atoms with Crippen LogP contribution in [-0.2, 0) is 4.79 Å². The van der Waals surface area contributed by atoms with Crippen molar-refractivity contribution in [3.8, 4) is 0 Å². The molecular weight excluding hydrogens is 438 g/mol. The van der Waals surface area contributed by atoms with Crippen molar-refractivity contribution in [3.05, 3.63) is 52.3 Å². The van der Waals surface area contributed by atoms with Crippen molar-refractivity contribution in [2.45, 2.75) is 51.2 Å². The maximum atomic E-state index is 13.6. The molecule has 3 atom stereocenters. The molecule has 8 heteroatoms. The molecule has 0 unspecified atom stereocenters. The lowest BCUT2D eigenvalue weighted by Crippen LogP contribution is -2.51. The molecule has 0 spiro atoms. The lowest BCUT2D eigenvalue weighted by Gasteiger charge is -2.37. The van der Waals surface area contributed by atoms with Crippen LogP contribution in [0.25, 0.3) is 0 Å². The molecule has 0 bridgehead atoms. The van der Waals surface area contributed by atoms with Crippen molar-refractivity contribution >= 4 is 23.5 Å². The molecule has 33 heavy (non-hydrogen) atoms. The fourth-order valence-electron chi connectivity index (χ4n) is 4.63. The number of carbonyl (C=O) groups excluding carboxylic acids is 1. The number of benzene rings is 1. The summed E-state index contributed by atoms with van der Waals surface area (Å²) in [6.07, 6.45) is 2.04. The van der Waals surface area contributed by atoms with E-state index in [1.165, 1.54) is 0 Å². The second-order valence-electron chi connectivity index (χ2n) is 9.61. The summed E-state index contributed by atoms with van der Waals surface area (Å²) in [6, 6.07) is 7.97. The zero-order valence-corrected chi connectivity index (χ0v) is 20.7. The minimum absolute atomic E-state index is 0.142. The van der Waals surface area contributed by atoms with Gasteiger partial charge in [-0.3, -0.25) is 4.79 Å². The molecule has 1 aliphatic heterocycles. The van der Waals surface area contributed by atoms with Gasteiger partial charge in [-0.15, -0.1) is 0 Å². The van der Waals surface area contributed by atoms with Crippen molar-refractivity contribution in [2.75, 3.05) is 44.7 Å². The zero-order chi connectivity index (χ0) is 23.7. The summed E-state index contributed by atoms with van der Waals surface area (Å²) in [7, 11) is 2.05. The normalized spacial score (nSPS) is 21.6. The summed E-state index contributed by atoms with van der Waals surface area (Å²) < 4.78 is 0. The minimum atomic E-state index is -0.516. The van der Waals surface area contributed by atoms with Crippen LogP contribution in [0.4, 0.5) is 5.95 Å². The molecule has 1 aromatic carbocycles. The molecule has 7 nitrogen and oxygen atoms in total. The number of aliphatic hydroxyl groups is 1. The third kappa shape index (κ3) is 5.15. The Morgan fingerprint density at radius 3 is 2.52 bits per heavy atom. The maximum absolute atomic E-state index is 13.6. The Hall–Kier alpha value is -2.22. The molecule has 0 radical (unpaired) electrons. The van der Waals surface area contributed by atoms with E-state index in [2.05, 4.69) is 47.6 Å².